The zero-order valence-electron chi connectivity index (χ0n) is 10.6. The second-order valence-electron chi connectivity index (χ2n) is 4.86. The first-order valence-electron chi connectivity index (χ1n) is 6.09. The van der Waals surface area contributed by atoms with Crippen LogP contribution in [-0.4, -0.2) is 25.5 Å². The molecule has 5 nitrogen and oxygen atoms in total. The van der Waals surface area contributed by atoms with Crippen LogP contribution in [0.4, 0.5) is 0 Å². The van der Waals surface area contributed by atoms with Crippen LogP contribution < -0.4 is 4.72 Å². The molecule has 0 bridgehead atoms. The third kappa shape index (κ3) is 4.32. The molecule has 2 N–H and O–H groups in total. The zero-order chi connectivity index (χ0) is 15.8. The molecule has 1 aliphatic carbocycles. The van der Waals surface area contributed by atoms with Gasteiger partial charge in [-0.3, -0.25) is 4.79 Å². The first-order valence-corrected chi connectivity index (χ1v) is 9.12. The van der Waals surface area contributed by atoms with Crippen molar-refractivity contribution in [3.8, 4) is 0 Å². The molecule has 1 aliphatic rings. The molecule has 1 aromatic rings. The fourth-order valence-corrected chi connectivity index (χ4v) is 5.28. The maximum atomic E-state index is 12.4. The molecule has 0 radical (unpaired) electrons. The lowest BCUT2D eigenvalue weighted by Crippen LogP contribution is -2.38. The summed E-state index contributed by atoms with van der Waals surface area (Å²) in [5.74, 6) is -1.01. The molecule has 0 aliphatic heterocycles. The number of rotatable bonds is 6. The maximum absolute atomic E-state index is 12.4. The van der Waals surface area contributed by atoms with Gasteiger partial charge in [0.25, 0.3) is 0 Å². The Morgan fingerprint density at radius 1 is 1.38 bits per heavy atom. The molecular formula is C12H12BrCl2NO4S. The summed E-state index contributed by atoms with van der Waals surface area (Å²) in [7, 11) is -3.99. The van der Waals surface area contributed by atoms with Crippen LogP contribution in [0.15, 0.2) is 21.5 Å². The monoisotopic (exact) mass is 415 g/mol. The summed E-state index contributed by atoms with van der Waals surface area (Å²) in [6.45, 7) is 0. The van der Waals surface area contributed by atoms with Crippen molar-refractivity contribution in [2.24, 2.45) is 5.92 Å². The molecule has 0 amide bonds. The Bertz CT molecular complexity index is 653. The SMILES string of the molecule is O=C(O)CC(NS(=O)(=O)c1c(Cl)cc(Br)cc1Cl)C1CC1. The fraction of sp³-hybridized carbons (Fsp3) is 0.417. The van der Waals surface area contributed by atoms with Gasteiger partial charge in [0.15, 0.2) is 0 Å². The van der Waals surface area contributed by atoms with E-state index in [2.05, 4.69) is 20.7 Å². The Kier molecular flexibility index (Phi) is 5.20. The van der Waals surface area contributed by atoms with E-state index in [1.807, 2.05) is 0 Å². The molecule has 1 fully saturated rings. The van der Waals surface area contributed by atoms with Crippen LogP contribution in [0.25, 0.3) is 0 Å². The molecule has 1 aromatic carbocycles. The average molecular weight is 417 g/mol. The second-order valence-corrected chi connectivity index (χ2v) is 8.24. The standard InChI is InChI=1S/C12H12BrCl2NO4S/c13-7-3-8(14)12(9(15)4-7)21(19,20)16-10(5-11(17)18)6-1-2-6/h3-4,6,10,16H,1-2,5H2,(H,17,18). The lowest BCUT2D eigenvalue weighted by atomic mass is 10.1. The van der Waals surface area contributed by atoms with E-state index in [1.54, 1.807) is 0 Å². The smallest absolute Gasteiger partial charge is 0.304 e. The molecule has 0 saturated heterocycles. The Morgan fingerprint density at radius 3 is 2.33 bits per heavy atom. The Hall–Kier alpha value is -0.340. The maximum Gasteiger partial charge on any atom is 0.304 e. The van der Waals surface area contributed by atoms with Gasteiger partial charge in [0.2, 0.25) is 10.0 Å². The minimum absolute atomic E-state index is 0.0215. The van der Waals surface area contributed by atoms with Crippen molar-refractivity contribution < 1.29 is 18.3 Å². The first-order chi connectivity index (χ1) is 9.70. The number of halogens is 3. The number of aliphatic carboxylic acids is 1. The van der Waals surface area contributed by atoms with E-state index in [-0.39, 0.29) is 27.3 Å². The van der Waals surface area contributed by atoms with Crippen molar-refractivity contribution >= 4 is 55.1 Å². The summed E-state index contributed by atoms with van der Waals surface area (Å²) in [6, 6.07) is 2.19. The number of hydrogen-bond donors (Lipinski definition) is 2. The summed E-state index contributed by atoms with van der Waals surface area (Å²) in [4.78, 5) is 10.6. The van der Waals surface area contributed by atoms with Gasteiger partial charge in [0.05, 0.1) is 16.5 Å². The Morgan fingerprint density at radius 2 is 1.90 bits per heavy atom. The van der Waals surface area contributed by atoms with Crippen molar-refractivity contribution in [2.45, 2.75) is 30.2 Å². The van der Waals surface area contributed by atoms with E-state index in [0.717, 1.165) is 12.8 Å². The van der Waals surface area contributed by atoms with Gasteiger partial charge in [-0.15, -0.1) is 0 Å². The van der Waals surface area contributed by atoms with Crippen LogP contribution in [0.1, 0.15) is 19.3 Å². The van der Waals surface area contributed by atoms with Gasteiger partial charge in [-0.25, -0.2) is 13.1 Å². The van der Waals surface area contributed by atoms with Gasteiger partial charge in [-0.2, -0.15) is 0 Å². The third-order valence-corrected chi connectivity index (χ3v) is 5.99. The molecule has 1 saturated carbocycles. The van der Waals surface area contributed by atoms with Crippen molar-refractivity contribution in [1.29, 1.82) is 0 Å². The first kappa shape index (κ1) is 17.0. The Balaban J connectivity index is 2.31. The van der Waals surface area contributed by atoms with Gasteiger partial charge in [0, 0.05) is 10.5 Å². The predicted molar refractivity (Wildman–Crippen MR) is 83.2 cm³/mol. The molecule has 116 valence electrons. The number of carboxylic acids is 1. The lowest BCUT2D eigenvalue weighted by molar-refractivity contribution is -0.137. The topological polar surface area (TPSA) is 83.5 Å². The van der Waals surface area contributed by atoms with Crippen LogP contribution in [0.2, 0.25) is 10.0 Å². The van der Waals surface area contributed by atoms with Crippen molar-refractivity contribution in [1.82, 2.24) is 4.72 Å². The number of hydrogen-bond acceptors (Lipinski definition) is 3. The molecule has 0 heterocycles. The predicted octanol–water partition coefficient (Wildman–Crippen LogP) is 3.29. The normalized spacial score (nSPS) is 16.7. The third-order valence-electron chi connectivity index (χ3n) is 3.12. The summed E-state index contributed by atoms with van der Waals surface area (Å²) in [5.41, 5.74) is 0. The highest BCUT2D eigenvalue weighted by Gasteiger charge is 2.36. The lowest BCUT2D eigenvalue weighted by Gasteiger charge is -2.17. The number of carbonyl (C=O) groups is 1. The van der Waals surface area contributed by atoms with Crippen LogP contribution in [0.5, 0.6) is 0 Å². The summed E-state index contributed by atoms with van der Waals surface area (Å²) in [5, 5.41) is 8.84. The van der Waals surface area contributed by atoms with Gasteiger partial charge in [-0.1, -0.05) is 39.1 Å². The summed E-state index contributed by atoms with van der Waals surface area (Å²) >= 11 is 15.1. The average Bonchev–Trinajstić information content (AvgIpc) is 3.07. The van der Waals surface area contributed by atoms with E-state index in [1.165, 1.54) is 12.1 Å². The van der Waals surface area contributed by atoms with E-state index >= 15 is 0 Å². The molecule has 2 rings (SSSR count). The Labute approximate surface area is 140 Å². The second kappa shape index (κ2) is 6.42. The molecule has 1 unspecified atom stereocenters. The highest BCUT2D eigenvalue weighted by Crippen LogP contribution is 2.37. The molecule has 21 heavy (non-hydrogen) atoms. The largest absolute Gasteiger partial charge is 0.481 e. The van der Waals surface area contributed by atoms with Crippen LogP contribution >= 0.6 is 39.1 Å². The number of benzene rings is 1. The van der Waals surface area contributed by atoms with Crippen molar-refractivity contribution in [3.05, 3.63) is 26.7 Å². The minimum Gasteiger partial charge on any atom is -0.481 e. The molecule has 0 spiro atoms. The van der Waals surface area contributed by atoms with Gasteiger partial charge >= 0.3 is 5.97 Å². The minimum atomic E-state index is -3.99. The van der Waals surface area contributed by atoms with Crippen LogP contribution in [0, 0.1) is 5.92 Å². The van der Waals surface area contributed by atoms with E-state index in [0.29, 0.717) is 4.47 Å². The van der Waals surface area contributed by atoms with E-state index in [4.69, 9.17) is 28.3 Å². The summed E-state index contributed by atoms with van der Waals surface area (Å²) in [6.07, 6.45) is 1.35. The number of nitrogens with one attached hydrogen (secondary N) is 1. The molecule has 9 heteroatoms. The highest BCUT2D eigenvalue weighted by atomic mass is 79.9. The van der Waals surface area contributed by atoms with Crippen molar-refractivity contribution in [3.63, 3.8) is 0 Å². The number of carboxylic acid groups (broad SMARTS) is 1. The zero-order valence-corrected chi connectivity index (χ0v) is 14.6. The van der Waals surface area contributed by atoms with Gasteiger partial charge in [0.1, 0.15) is 4.90 Å². The summed E-state index contributed by atoms with van der Waals surface area (Å²) < 4.78 is 27.8. The van der Waals surface area contributed by atoms with Gasteiger partial charge in [-0.05, 0) is 30.9 Å². The van der Waals surface area contributed by atoms with Crippen LogP contribution in [0.3, 0.4) is 0 Å². The quantitative estimate of drug-likeness (QED) is 0.745. The molecule has 0 aromatic heterocycles. The number of sulfonamides is 1. The highest BCUT2D eigenvalue weighted by molar-refractivity contribution is 9.10. The molecular weight excluding hydrogens is 405 g/mol. The van der Waals surface area contributed by atoms with E-state index in [9.17, 15) is 13.2 Å². The fourth-order valence-electron chi connectivity index (χ4n) is 2.04. The van der Waals surface area contributed by atoms with Gasteiger partial charge < -0.3 is 5.11 Å². The van der Waals surface area contributed by atoms with Crippen molar-refractivity contribution in [2.75, 3.05) is 0 Å². The van der Waals surface area contributed by atoms with E-state index < -0.39 is 22.0 Å². The molecule has 1 atom stereocenters. The van der Waals surface area contributed by atoms with Crippen LogP contribution in [-0.2, 0) is 14.8 Å².